The summed E-state index contributed by atoms with van der Waals surface area (Å²) in [6.45, 7) is 1.89. The fourth-order valence-electron chi connectivity index (χ4n) is 1.62. The van der Waals surface area contributed by atoms with E-state index in [2.05, 4.69) is 20.9 Å². The lowest BCUT2D eigenvalue weighted by atomic mass is 10.1. The van der Waals surface area contributed by atoms with E-state index in [0.717, 1.165) is 10.4 Å². The third kappa shape index (κ3) is 2.07. The molecule has 0 radical (unpaired) electrons. The van der Waals surface area contributed by atoms with E-state index in [1.165, 1.54) is 12.1 Å². The Labute approximate surface area is 107 Å². The van der Waals surface area contributed by atoms with Gasteiger partial charge >= 0.3 is 0 Å². The molecule has 3 nitrogen and oxygen atoms in total. The molecule has 0 aliphatic rings. The average molecular weight is 299 g/mol. The molecule has 0 unspecified atom stereocenters. The molecule has 17 heavy (non-hydrogen) atoms. The maximum atomic E-state index is 13.3. The van der Waals surface area contributed by atoms with Crippen LogP contribution in [-0.2, 0) is 7.05 Å². The molecule has 1 aromatic carbocycles. The van der Waals surface area contributed by atoms with Crippen molar-refractivity contribution in [3.63, 3.8) is 0 Å². The van der Waals surface area contributed by atoms with E-state index in [4.69, 9.17) is 4.74 Å². The van der Waals surface area contributed by atoms with Gasteiger partial charge in [-0.3, -0.25) is 0 Å². The van der Waals surface area contributed by atoms with Crippen LogP contribution in [-0.4, -0.2) is 16.7 Å². The minimum absolute atomic E-state index is 0.309. The molecule has 0 amide bonds. The van der Waals surface area contributed by atoms with E-state index in [9.17, 15) is 4.39 Å². The maximum Gasteiger partial charge on any atom is 0.128 e. The molecule has 0 aliphatic heterocycles. The zero-order valence-corrected chi connectivity index (χ0v) is 11.4. The van der Waals surface area contributed by atoms with Crippen LogP contribution in [0.1, 0.15) is 5.82 Å². The summed E-state index contributed by atoms with van der Waals surface area (Å²) in [4.78, 5) is 4.40. The van der Waals surface area contributed by atoms with Crippen molar-refractivity contribution < 1.29 is 9.13 Å². The second-order valence-corrected chi connectivity index (χ2v) is 4.45. The molecule has 90 valence electrons. The maximum absolute atomic E-state index is 13.3. The second kappa shape index (κ2) is 4.49. The van der Waals surface area contributed by atoms with Gasteiger partial charge in [-0.05, 0) is 41.1 Å². The highest BCUT2D eigenvalue weighted by atomic mass is 79.9. The third-order valence-electron chi connectivity index (χ3n) is 2.67. The van der Waals surface area contributed by atoms with Crippen molar-refractivity contribution in [2.45, 2.75) is 6.92 Å². The van der Waals surface area contributed by atoms with E-state index in [-0.39, 0.29) is 5.82 Å². The summed E-state index contributed by atoms with van der Waals surface area (Å²) in [5, 5.41) is 0. The Kier molecular flexibility index (Phi) is 3.19. The Morgan fingerprint density at radius 2 is 2.12 bits per heavy atom. The van der Waals surface area contributed by atoms with Crippen LogP contribution in [0, 0.1) is 12.7 Å². The van der Waals surface area contributed by atoms with Gasteiger partial charge in [0.25, 0.3) is 0 Å². The molecule has 2 rings (SSSR count). The molecule has 0 saturated heterocycles. The Bertz CT molecular complexity index is 566. The lowest BCUT2D eigenvalue weighted by Gasteiger charge is -2.06. The first kappa shape index (κ1) is 12.1. The van der Waals surface area contributed by atoms with Crippen molar-refractivity contribution in [2.24, 2.45) is 7.05 Å². The number of imidazole rings is 1. The van der Waals surface area contributed by atoms with Gasteiger partial charge in [0.1, 0.15) is 27.7 Å². The quantitative estimate of drug-likeness (QED) is 0.850. The van der Waals surface area contributed by atoms with Crippen molar-refractivity contribution in [2.75, 3.05) is 7.11 Å². The minimum Gasteiger partial charge on any atom is -0.496 e. The van der Waals surface area contributed by atoms with Gasteiger partial charge in [-0.2, -0.15) is 0 Å². The molecule has 0 aliphatic carbocycles. The van der Waals surface area contributed by atoms with Gasteiger partial charge in [-0.25, -0.2) is 9.37 Å². The number of aryl methyl sites for hydroxylation is 1. The van der Waals surface area contributed by atoms with Crippen LogP contribution in [0.15, 0.2) is 22.8 Å². The summed E-state index contributed by atoms with van der Waals surface area (Å²) in [6.07, 6.45) is 0. The highest BCUT2D eigenvalue weighted by molar-refractivity contribution is 9.10. The summed E-state index contributed by atoms with van der Waals surface area (Å²) in [7, 11) is 3.45. The summed E-state index contributed by atoms with van der Waals surface area (Å²) in [5.41, 5.74) is 1.32. The van der Waals surface area contributed by atoms with E-state index >= 15 is 0 Å². The van der Waals surface area contributed by atoms with Gasteiger partial charge in [0.2, 0.25) is 0 Å². The van der Waals surface area contributed by atoms with Crippen LogP contribution in [0.4, 0.5) is 4.39 Å². The molecule has 0 N–H and O–H groups in total. The van der Waals surface area contributed by atoms with Crippen molar-refractivity contribution in [3.05, 3.63) is 34.4 Å². The predicted octanol–water partition coefficient (Wildman–Crippen LogP) is 3.31. The second-order valence-electron chi connectivity index (χ2n) is 3.70. The number of hydrogen-bond acceptors (Lipinski definition) is 2. The Hall–Kier alpha value is -1.36. The number of methoxy groups -OCH3 is 1. The Morgan fingerprint density at radius 3 is 2.65 bits per heavy atom. The SMILES string of the molecule is COc1ccc(F)cc1-c1nc(C)n(C)c1Br. The fourth-order valence-corrected chi connectivity index (χ4v) is 2.18. The Morgan fingerprint density at radius 1 is 1.41 bits per heavy atom. The van der Waals surface area contributed by atoms with Gasteiger partial charge in [0, 0.05) is 12.6 Å². The third-order valence-corrected chi connectivity index (χ3v) is 3.57. The molecule has 2 aromatic rings. The summed E-state index contributed by atoms with van der Waals surface area (Å²) in [6, 6.07) is 4.39. The van der Waals surface area contributed by atoms with Crippen LogP contribution in [0.3, 0.4) is 0 Å². The first-order valence-electron chi connectivity index (χ1n) is 5.07. The van der Waals surface area contributed by atoms with Crippen LogP contribution in [0.5, 0.6) is 5.75 Å². The number of benzene rings is 1. The first-order chi connectivity index (χ1) is 8.04. The number of aromatic nitrogens is 2. The lowest BCUT2D eigenvalue weighted by Crippen LogP contribution is -1.91. The van der Waals surface area contributed by atoms with Gasteiger partial charge in [0.05, 0.1) is 7.11 Å². The molecule has 0 saturated carbocycles. The van der Waals surface area contributed by atoms with Crippen LogP contribution >= 0.6 is 15.9 Å². The fraction of sp³-hybridized carbons (Fsp3) is 0.250. The number of hydrogen-bond donors (Lipinski definition) is 0. The number of rotatable bonds is 2. The zero-order chi connectivity index (χ0) is 12.6. The number of ether oxygens (including phenoxy) is 1. The molecule has 0 bridgehead atoms. The molecule has 5 heteroatoms. The van der Waals surface area contributed by atoms with Crippen molar-refractivity contribution in [1.29, 1.82) is 0 Å². The minimum atomic E-state index is -0.309. The predicted molar refractivity (Wildman–Crippen MR) is 67.6 cm³/mol. The number of nitrogens with zero attached hydrogens (tertiary/aromatic N) is 2. The van der Waals surface area contributed by atoms with Crippen molar-refractivity contribution in [3.8, 4) is 17.0 Å². The largest absolute Gasteiger partial charge is 0.496 e. The van der Waals surface area contributed by atoms with Gasteiger partial charge in [-0.15, -0.1) is 0 Å². The van der Waals surface area contributed by atoms with E-state index in [1.807, 2.05) is 18.5 Å². The summed E-state index contributed by atoms with van der Waals surface area (Å²) >= 11 is 3.45. The van der Waals surface area contributed by atoms with E-state index < -0.39 is 0 Å². The van der Waals surface area contributed by atoms with Gasteiger partial charge in [-0.1, -0.05) is 0 Å². The van der Waals surface area contributed by atoms with Gasteiger partial charge in [0.15, 0.2) is 0 Å². The summed E-state index contributed by atoms with van der Waals surface area (Å²) < 4.78 is 21.2. The van der Waals surface area contributed by atoms with E-state index in [0.29, 0.717) is 17.0 Å². The van der Waals surface area contributed by atoms with Crippen LogP contribution < -0.4 is 4.74 Å². The first-order valence-corrected chi connectivity index (χ1v) is 5.86. The monoisotopic (exact) mass is 298 g/mol. The normalized spacial score (nSPS) is 10.6. The average Bonchev–Trinajstić information content (AvgIpc) is 2.57. The standard InChI is InChI=1S/C12H12BrFN2O/c1-7-15-11(12(13)16(7)2)9-6-8(14)4-5-10(9)17-3/h4-6H,1-3H3. The van der Waals surface area contributed by atoms with E-state index in [1.54, 1.807) is 13.2 Å². The summed E-state index contributed by atoms with van der Waals surface area (Å²) in [5.74, 6) is 1.14. The lowest BCUT2D eigenvalue weighted by molar-refractivity contribution is 0.415. The Balaban J connectivity index is 2.67. The molecule has 1 heterocycles. The smallest absolute Gasteiger partial charge is 0.128 e. The number of halogens is 2. The topological polar surface area (TPSA) is 27.1 Å². The highest BCUT2D eigenvalue weighted by Crippen LogP contribution is 2.34. The molecule has 0 spiro atoms. The van der Waals surface area contributed by atoms with Crippen LogP contribution in [0.2, 0.25) is 0 Å². The zero-order valence-electron chi connectivity index (χ0n) is 9.79. The van der Waals surface area contributed by atoms with Crippen molar-refractivity contribution in [1.82, 2.24) is 9.55 Å². The van der Waals surface area contributed by atoms with Gasteiger partial charge < -0.3 is 9.30 Å². The molecule has 0 fully saturated rings. The molecule has 1 aromatic heterocycles. The van der Waals surface area contributed by atoms with Crippen molar-refractivity contribution >= 4 is 15.9 Å². The molecular formula is C12H12BrFN2O. The molecular weight excluding hydrogens is 287 g/mol. The molecule has 0 atom stereocenters. The highest BCUT2D eigenvalue weighted by Gasteiger charge is 2.16. The van der Waals surface area contributed by atoms with Crippen LogP contribution in [0.25, 0.3) is 11.3 Å².